The average molecular weight is 158 g/mol. The summed E-state index contributed by atoms with van der Waals surface area (Å²) in [4.78, 5) is 0. The molecule has 0 bridgehead atoms. The first-order valence-corrected chi connectivity index (χ1v) is 3.93. The number of nitrogens with one attached hydrogen (secondary N) is 1. The predicted molar refractivity (Wildman–Crippen MR) is 54.2 cm³/mol. The van der Waals surface area contributed by atoms with Crippen molar-refractivity contribution in [2.45, 2.75) is 27.2 Å². The minimum atomic E-state index is 0.979. The first-order valence-electron chi connectivity index (χ1n) is 3.93. The molecular formula is C9H22N2. The summed E-state index contributed by atoms with van der Waals surface area (Å²) in [5.41, 5.74) is 6.25. The normalized spacial score (nSPS) is 8.18. The summed E-state index contributed by atoms with van der Waals surface area (Å²) in [6.45, 7) is 12.1. The molecule has 0 aromatic carbocycles. The van der Waals surface area contributed by atoms with Gasteiger partial charge in [-0.15, -0.1) is 13.2 Å². The topological polar surface area (TPSA) is 38.0 Å². The lowest BCUT2D eigenvalue weighted by Gasteiger charge is -1.97. The van der Waals surface area contributed by atoms with Crippen molar-refractivity contribution in [1.82, 2.24) is 5.32 Å². The van der Waals surface area contributed by atoms with E-state index in [2.05, 4.69) is 25.4 Å². The van der Waals surface area contributed by atoms with Crippen molar-refractivity contribution in [3.05, 3.63) is 25.1 Å². The van der Waals surface area contributed by atoms with Crippen LogP contribution in [-0.2, 0) is 0 Å². The molecule has 0 atom stereocenters. The van der Waals surface area contributed by atoms with Crippen molar-refractivity contribution < 1.29 is 0 Å². The summed E-state index contributed by atoms with van der Waals surface area (Å²) in [6.07, 6.45) is 2.56. The fourth-order valence-electron chi connectivity index (χ4n) is 0.378. The van der Waals surface area contributed by atoms with E-state index in [0.29, 0.717) is 0 Å². The smallest absolute Gasteiger partial charge is 0.0259 e. The highest BCUT2D eigenvalue weighted by molar-refractivity contribution is 4.93. The Hall–Kier alpha value is -0.920. The van der Waals surface area contributed by atoms with E-state index in [9.17, 15) is 0 Å². The molecule has 0 unspecified atom stereocenters. The Morgan fingerprint density at radius 1 is 1.45 bits per heavy atom. The third-order valence-corrected chi connectivity index (χ3v) is 0.903. The Kier molecular flexibility index (Phi) is 34.6. The Balaban J connectivity index is -0.000000138. The summed E-state index contributed by atoms with van der Waals surface area (Å²) in [5, 5.41) is 2.94. The van der Waals surface area contributed by atoms with Crippen LogP contribution in [0.1, 0.15) is 27.2 Å². The Morgan fingerprint density at radius 3 is 1.82 bits per heavy atom. The van der Waals surface area contributed by atoms with Gasteiger partial charge in [0.25, 0.3) is 0 Å². The van der Waals surface area contributed by atoms with Crippen molar-refractivity contribution in [1.29, 1.82) is 0 Å². The fraction of sp³-hybridized carbons (Fsp3) is 0.556. The number of allylic oxidation sites excluding steroid dienone is 1. The van der Waals surface area contributed by atoms with E-state index in [-0.39, 0.29) is 0 Å². The van der Waals surface area contributed by atoms with Gasteiger partial charge in [-0.2, -0.15) is 0 Å². The Labute approximate surface area is 71.2 Å². The van der Waals surface area contributed by atoms with Crippen LogP contribution in [0.4, 0.5) is 0 Å². The highest BCUT2D eigenvalue weighted by Gasteiger charge is 1.80. The zero-order valence-electron chi connectivity index (χ0n) is 8.28. The van der Waals surface area contributed by atoms with Gasteiger partial charge >= 0.3 is 0 Å². The van der Waals surface area contributed by atoms with Crippen molar-refractivity contribution >= 4 is 0 Å². The van der Waals surface area contributed by atoms with Crippen LogP contribution in [0.25, 0.3) is 0 Å². The van der Waals surface area contributed by atoms with E-state index in [4.69, 9.17) is 5.73 Å². The second-order valence-electron chi connectivity index (χ2n) is 1.30. The highest BCUT2D eigenvalue weighted by atomic mass is 14.8. The maximum atomic E-state index is 5.17. The van der Waals surface area contributed by atoms with Crippen molar-refractivity contribution in [3.8, 4) is 0 Å². The molecule has 0 saturated carbocycles. The van der Waals surface area contributed by atoms with Gasteiger partial charge in [0, 0.05) is 18.9 Å². The summed E-state index contributed by atoms with van der Waals surface area (Å²) in [6, 6.07) is 0. The van der Waals surface area contributed by atoms with E-state index in [1.165, 1.54) is 0 Å². The van der Waals surface area contributed by atoms with Crippen LogP contribution in [0, 0.1) is 0 Å². The first kappa shape index (κ1) is 16.6. The summed E-state index contributed by atoms with van der Waals surface area (Å²) < 4.78 is 0. The molecule has 68 valence electrons. The minimum absolute atomic E-state index is 0.979. The Morgan fingerprint density at radius 2 is 1.82 bits per heavy atom. The molecule has 0 aliphatic carbocycles. The van der Waals surface area contributed by atoms with Gasteiger partial charge in [0.1, 0.15) is 0 Å². The van der Waals surface area contributed by atoms with Crippen LogP contribution >= 0.6 is 0 Å². The maximum absolute atomic E-state index is 5.17. The molecule has 0 aliphatic rings. The van der Waals surface area contributed by atoms with Crippen LogP contribution in [0.15, 0.2) is 25.1 Å². The molecule has 2 nitrogen and oxygen atoms in total. The lowest BCUT2D eigenvalue weighted by atomic mass is 10.4. The van der Waals surface area contributed by atoms with E-state index in [1.54, 1.807) is 6.20 Å². The van der Waals surface area contributed by atoms with E-state index in [1.807, 2.05) is 20.9 Å². The van der Waals surface area contributed by atoms with E-state index >= 15 is 0 Å². The lowest BCUT2D eigenvalue weighted by molar-refractivity contribution is 0.893. The van der Waals surface area contributed by atoms with Crippen molar-refractivity contribution in [3.63, 3.8) is 0 Å². The molecule has 0 aliphatic heterocycles. The van der Waals surface area contributed by atoms with Crippen LogP contribution in [-0.4, -0.2) is 7.05 Å². The first-order chi connectivity index (χ1) is 5.35. The molecule has 0 rings (SSSR count). The SMILES string of the molecule is C=C.CC.CC/C(=C/N)NC. The van der Waals surface area contributed by atoms with Crippen molar-refractivity contribution in [2.75, 3.05) is 7.05 Å². The van der Waals surface area contributed by atoms with Gasteiger partial charge in [-0.3, -0.25) is 0 Å². The standard InChI is InChI=1S/C5H12N2.C2H6.C2H4/c1-3-5(4-6)7-2;2*1-2/h4,7H,3,6H2,1-2H3;1-2H3;1-2H2/b5-4-;;. The fourth-order valence-corrected chi connectivity index (χ4v) is 0.378. The average Bonchev–Trinajstić information content (AvgIpc) is 2.14. The Bertz CT molecular complexity index is 71.6. The monoisotopic (exact) mass is 158 g/mol. The summed E-state index contributed by atoms with van der Waals surface area (Å²) >= 11 is 0. The van der Waals surface area contributed by atoms with Crippen LogP contribution in [0.2, 0.25) is 0 Å². The highest BCUT2D eigenvalue weighted by Crippen LogP contribution is 1.87. The molecular weight excluding hydrogens is 136 g/mol. The van der Waals surface area contributed by atoms with Crippen LogP contribution in [0.3, 0.4) is 0 Å². The lowest BCUT2D eigenvalue weighted by Crippen LogP contribution is -2.06. The minimum Gasteiger partial charge on any atom is -0.403 e. The van der Waals surface area contributed by atoms with Gasteiger partial charge in [0.15, 0.2) is 0 Å². The zero-order valence-corrected chi connectivity index (χ0v) is 8.28. The molecule has 0 spiro atoms. The zero-order chi connectivity index (χ0) is 9.70. The molecule has 0 saturated heterocycles. The summed E-state index contributed by atoms with van der Waals surface area (Å²) in [7, 11) is 1.86. The van der Waals surface area contributed by atoms with Crippen LogP contribution in [0.5, 0.6) is 0 Å². The molecule has 0 fully saturated rings. The number of rotatable bonds is 2. The molecule has 0 radical (unpaired) electrons. The molecule has 0 amide bonds. The maximum Gasteiger partial charge on any atom is 0.0259 e. The largest absolute Gasteiger partial charge is 0.403 e. The van der Waals surface area contributed by atoms with Gasteiger partial charge in [0.2, 0.25) is 0 Å². The second kappa shape index (κ2) is 23.0. The van der Waals surface area contributed by atoms with E-state index < -0.39 is 0 Å². The molecule has 0 aromatic heterocycles. The number of hydrogen-bond acceptors (Lipinski definition) is 2. The molecule has 3 N–H and O–H groups in total. The van der Waals surface area contributed by atoms with Crippen molar-refractivity contribution in [2.24, 2.45) is 5.73 Å². The third kappa shape index (κ3) is 17.6. The number of nitrogens with two attached hydrogens (primary N) is 1. The molecule has 2 heteroatoms. The van der Waals surface area contributed by atoms with Gasteiger partial charge in [-0.1, -0.05) is 20.8 Å². The van der Waals surface area contributed by atoms with Gasteiger partial charge in [0.05, 0.1) is 0 Å². The predicted octanol–water partition coefficient (Wildman–Crippen LogP) is 2.24. The van der Waals surface area contributed by atoms with Gasteiger partial charge < -0.3 is 11.1 Å². The van der Waals surface area contributed by atoms with E-state index in [0.717, 1.165) is 12.1 Å². The molecule has 11 heavy (non-hydrogen) atoms. The third-order valence-electron chi connectivity index (χ3n) is 0.903. The summed E-state index contributed by atoms with van der Waals surface area (Å²) in [5.74, 6) is 0. The quantitative estimate of drug-likeness (QED) is 0.605. The molecule has 0 heterocycles. The van der Waals surface area contributed by atoms with Gasteiger partial charge in [-0.25, -0.2) is 0 Å². The number of hydrogen-bond donors (Lipinski definition) is 2. The molecule has 0 aromatic rings. The second-order valence-corrected chi connectivity index (χ2v) is 1.30. The van der Waals surface area contributed by atoms with Gasteiger partial charge in [-0.05, 0) is 6.42 Å². The van der Waals surface area contributed by atoms with Crippen LogP contribution < -0.4 is 11.1 Å².